The Morgan fingerprint density at radius 3 is 2.57 bits per heavy atom. The highest BCUT2D eigenvalue weighted by atomic mass is 32.2. The summed E-state index contributed by atoms with van der Waals surface area (Å²) in [5.41, 5.74) is 1.52. The first-order valence-corrected chi connectivity index (χ1v) is 9.77. The van der Waals surface area contributed by atoms with Gasteiger partial charge < -0.3 is 14.6 Å². The second-order valence-electron chi connectivity index (χ2n) is 5.91. The number of benzene rings is 2. The summed E-state index contributed by atoms with van der Waals surface area (Å²) in [6.45, 7) is 4.99. The van der Waals surface area contributed by atoms with E-state index in [4.69, 9.17) is 9.47 Å². The first-order valence-electron chi connectivity index (χ1n) is 8.95. The van der Waals surface area contributed by atoms with Crippen molar-refractivity contribution >= 4 is 34.6 Å². The third-order valence-corrected chi connectivity index (χ3v) is 5.08. The zero-order chi connectivity index (χ0) is 20.1. The molecule has 7 heteroatoms. The van der Waals surface area contributed by atoms with Crippen molar-refractivity contribution < 1.29 is 19.4 Å². The summed E-state index contributed by atoms with van der Waals surface area (Å²) in [6, 6.07) is 12.4. The van der Waals surface area contributed by atoms with Crippen molar-refractivity contribution in [3.8, 4) is 17.2 Å². The van der Waals surface area contributed by atoms with E-state index in [0.29, 0.717) is 29.0 Å². The minimum absolute atomic E-state index is 0.0583. The van der Waals surface area contributed by atoms with Gasteiger partial charge in [0.15, 0.2) is 16.7 Å². The number of phenols is 1. The number of rotatable bonds is 6. The van der Waals surface area contributed by atoms with Gasteiger partial charge in [-0.2, -0.15) is 0 Å². The fraction of sp³-hybridized carbons (Fsp3) is 0.238. The summed E-state index contributed by atoms with van der Waals surface area (Å²) in [5.74, 6) is 1.11. The van der Waals surface area contributed by atoms with E-state index in [1.165, 1.54) is 18.9 Å². The number of nitrogens with zero attached hydrogens (tertiary/aromatic N) is 2. The highest BCUT2D eigenvalue weighted by molar-refractivity contribution is 8.18. The summed E-state index contributed by atoms with van der Waals surface area (Å²) >= 11 is 1.33. The lowest BCUT2D eigenvalue weighted by molar-refractivity contribution is -0.122. The summed E-state index contributed by atoms with van der Waals surface area (Å²) in [6.07, 6.45) is 1.78. The molecule has 0 spiro atoms. The van der Waals surface area contributed by atoms with Crippen molar-refractivity contribution in [2.45, 2.75) is 13.8 Å². The topological polar surface area (TPSA) is 71.4 Å². The van der Waals surface area contributed by atoms with Gasteiger partial charge in [-0.05, 0) is 73.6 Å². The van der Waals surface area contributed by atoms with E-state index < -0.39 is 0 Å². The van der Waals surface area contributed by atoms with Crippen LogP contribution in [0.2, 0.25) is 0 Å². The van der Waals surface area contributed by atoms with Crippen LogP contribution in [-0.4, -0.2) is 41.3 Å². The van der Waals surface area contributed by atoms with Crippen molar-refractivity contribution in [1.82, 2.24) is 4.90 Å². The predicted octanol–water partition coefficient (Wildman–Crippen LogP) is 4.42. The Kier molecular flexibility index (Phi) is 6.26. The van der Waals surface area contributed by atoms with Crippen LogP contribution in [0.15, 0.2) is 52.4 Å². The van der Waals surface area contributed by atoms with Crippen LogP contribution in [-0.2, 0) is 4.79 Å². The molecule has 28 heavy (non-hydrogen) atoms. The standard InChI is InChI=1S/C21H22N2O4S/c1-4-23-20(25)19(13-14-6-11-17(24)18(12-14)26-3)28-21(23)22-15-7-9-16(10-8-15)27-5-2/h6-13,24H,4-5H2,1-3H3/b19-13+,22-21?. The van der Waals surface area contributed by atoms with Gasteiger partial charge in [0.05, 0.1) is 24.3 Å². The molecule has 1 aliphatic rings. The Hall–Kier alpha value is -2.93. The molecule has 0 unspecified atom stereocenters. The van der Waals surface area contributed by atoms with E-state index in [1.54, 1.807) is 29.2 Å². The number of phenolic OH excluding ortho intramolecular Hbond substituents is 1. The van der Waals surface area contributed by atoms with Gasteiger partial charge in [0.2, 0.25) is 0 Å². The molecule has 0 bridgehead atoms. The molecule has 0 radical (unpaired) electrons. The smallest absolute Gasteiger partial charge is 0.266 e. The average Bonchev–Trinajstić information content (AvgIpc) is 2.99. The Bertz CT molecular complexity index is 923. The molecule has 1 heterocycles. The highest BCUT2D eigenvalue weighted by Gasteiger charge is 2.32. The van der Waals surface area contributed by atoms with E-state index in [0.717, 1.165) is 17.0 Å². The second-order valence-corrected chi connectivity index (χ2v) is 6.92. The molecule has 0 atom stereocenters. The molecule has 1 saturated heterocycles. The van der Waals surface area contributed by atoms with Gasteiger partial charge in [0.25, 0.3) is 5.91 Å². The van der Waals surface area contributed by atoms with Gasteiger partial charge in [0.1, 0.15) is 5.75 Å². The zero-order valence-electron chi connectivity index (χ0n) is 16.0. The van der Waals surface area contributed by atoms with Crippen molar-refractivity contribution in [1.29, 1.82) is 0 Å². The maximum absolute atomic E-state index is 12.8. The maximum Gasteiger partial charge on any atom is 0.266 e. The molecular weight excluding hydrogens is 376 g/mol. The largest absolute Gasteiger partial charge is 0.504 e. The number of amidine groups is 1. The summed E-state index contributed by atoms with van der Waals surface area (Å²) in [7, 11) is 1.49. The van der Waals surface area contributed by atoms with Crippen LogP contribution >= 0.6 is 11.8 Å². The minimum atomic E-state index is -0.0933. The summed E-state index contributed by atoms with van der Waals surface area (Å²) in [5, 5.41) is 10.4. The number of ether oxygens (including phenoxy) is 2. The number of hydrogen-bond acceptors (Lipinski definition) is 6. The number of methoxy groups -OCH3 is 1. The van der Waals surface area contributed by atoms with Crippen LogP contribution in [0.3, 0.4) is 0 Å². The van der Waals surface area contributed by atoms with Crippen molar-refractivity contribution in [3.63, 3.8) is 0 Å². The molecule has 2 aromatic carbocycles. The van der Waals surface area contributed by atoms with Crippen LogP contribution < -0.4 is 9.47 Å². The average molecular weight is 398 g/mol. The van der Waals surface area contributed by atoms with Crippen LogP contribution in [0.25, 0.3) is 6.08 Å². The molecule has 3 rings (SSSR count). The van der Waals surface area contributed by atoms with E-state index in [1.807, 2.05) is 38.1 Å². The van der Waals surface area contributed by atoms with Gasteiger partial charge >= 0.3 is 0 Å². The molecular formula is C21H22N2O4S. The molecule has 0 aliphatic carbocycles. The second kappa shape index (κ2) is 8.84. The third-order valence-electron chi connectivity index (χ3n) is 4.08. The van der Waals surface area contributed by atoms with E-state index >= 15 is 0 Å². The summed E-state index contributed by atoms with van der Waals surface area (Å²) < 4.78 is 10.6. The Balaban J connectivity index is 1.87. The quantitative estimate of drug-likeness (QED) is 0.729. The van der Waals surface area contributed by atoms with Crippen LogP contribution in [0.1, 0.15) is 19.4 Å². The molecule has 0 aromatic heterocycles. The van der Waals surface area contributed by atoms with Crippen molar-refractivity contribution in [2.75, 3.05) is 20.3 Å². The summed E-state index contributed by atoms with van der Waals surface area (Å²) in [4.78, 5) is 19.6. The monoisotopic (exact) mass is 398 g/mol. The maximum atomic E-state index is 12.8. The molecule has 6 nitrogen and oxygen atoms in total. The van der Waals surface area contributed by atoms with E-state index in [2.05, 4.69) is 4.99 Å². The predicted molar refractivity (Wildman–Crippen MR) is 112 cm³/mol. The number of likely N-dealkylation sites (N-methyl/N-ethyl adjacent to an activating group) is 1. The van der Waals surface area contributed by atoms with Crippen molar-refractivity contribution in [2.24, 2.45) is 4.99 Å². The van der Waals surface area contributed by atoms with Gasteiger partial charge in [-0.1, -0.05) is 6.07 Å². The lowest BCUT2D eigenvalue weighted by Gasteiger charge is -2.12. The van der Waals surface area contributed by atoms with Crippen molar-refractivity contribution in [3.05, 3.63) is 52.9 Å². The van der Waals surface area contributed by atoms with Crippen LogP contribution in [0.4, 0.5) is 5.69 Å². The normalized spacial score (nSPS) is 16.8. The number of aliphatic imine (C=N–C) groups is 1. The fourth-order valence-corrected chi connectivity index (χ4v) is 3.76. The number of thioether (sulfide) groups is 1. The minimum Gasteiger partial charge on any atom is -0.504 e. The molecule has 1 aliphatic heterocycles. The van der Waals surface area contributed by atoms with E-state index in [-0.39, 0.29) is 11.7 Å². The number of carbonyl (C=O) groups is 1. The molecule has 146 valence electrons. The van der Waals surface area contributed by atoms with Gasteiger partial charge in [-0.15, -0.1) is 0 Å². The van der Waals surface area contributed by atoms with E-state index in [9.17, 15) is 9.90 Å². The molecule has 1 amide bonds. The molecule has 1 N–H and O–H groups in total. The first kappa shape index (κ1) is 19.8. The van der Waals surface area contributed by atoms with Gasteiger partial charge in [-0.25, -0.2) is 4.99 Å². The Morgan fingerprint density at radius 2 is 1.93 bits per heavy atom. The van der Waals surface area contributed by atoms with Crippen LogP contribution in [0, 0.1) is 0 Å². The fourth-order valence-electron chi connectivity index (χ4n) is 2.70. The molecule has 2 aromatic rings. The molecule has 0 saturated carbocycles. The Labute approximate surface area is 168 Å². The van der Waals surface area contributed by atoms with Gasteiger partial charge in [0, 0.05) is 6.54 Å². The zero-order valence-corrected chi connectivity index (χ0v) is 16.8. The van der Waals surface area contributed by atoms with Gasteiger partial charge in [-0.3, -0.25) is 9.69 Å². The highest BCUT2D eigenvalue weighted by Crippen LogP contribution is 2.35. The number of carbonyl (C=O) groups excluding carboxylic acids is 1. The lowest BCUT2D eigenvalue weighted by atomic mass is 10.2. The number of amides is 1. The molecule has 1 fully saturated rings. The number of hydrogen-bond donors (Lipinski definition) is 1. The first-order chi connectivity index (χ1) is 13.5. The number of aromatic hydroxyl groups is 1. The van der Waals surface area contributed by atoms with Crippen LogP contribution in [0.5, 0.6) is 17.2 Å². The SMILES string of the molecule is CCOc1ccc(N=C2S/C(=C/c3ccc(O)c(OC)c3)C(=O)N2CC)cc1. The third kappa shape index (κ3) is 4.31. The lowest BCUT2D eigenvalue weighted by Crippen LogP contribution is -2.28. The Morgan fingerprint density at radius 1 is 1.18 bits per heavy atom.